The molecule has 0 saturated heterocycles. The van der Waals surface area contributed by atoms with Crippen LogP contribution in [0.1, 0.15) is 12.0 Å². The molecule has 126 valence electrons. The number of benzene rings is 2. The van der Waals surface area contributed by atoms with Gasteiger partial charge in [0.1, 0.15) is 0 Å². The molecule has 2 aromatic carbocycles. The highest BCUT2D eigenvalue weighted by Gasteiger charge is 2.09. The summed E-state index contributed by atoms with van der Waals surface area (Å²) in [7, 11) is 0. The van der Waals surface area contributed by atoms with E-state index in [1.54, 1.807) is 36.0 Å². The van der Waals surface area contributed by atoms with Crippen molar-refractivity contribution in [3.05, 3.63) is 59.1 Å². The maximum atomic E-state index is 11.7. The third kappa shape index (κ3) is 6.26. The van der Waals surface area contributed by atoms with Crippen molar-refractivity contribution in [2.24, 2.45) is 0 Å². The highest BCUT2D eigenvalue weighted by Crippen LogP contribution is 2.20. The number of thioether (sulfide) groups is 1. The summed E-state index contributed by atoms with van der Waals surface area (Å²) in [5.74, 6) is -0.208. The first-order valence-electron chi connectivity index (χ1n) is 7.44. The summed E-state index contributed by atoms with van der Waals surface area (Å²) in [4.78, 5) is 24.5. The van der Waals surface area contributed by atoms with Crippen molar-refractivity contribution < 1.29 is 14.3 Å². The van der Waals surface area contributed by atoms with Crippen LogP contribution in [-0.4, -0.2) is 24.2 Å². The number of para-hydroxylation sites is 1. The van der Waals surface area contributed by atoms with Crippen molar-refractivity contribution >= 4 is 40.9 Å². The van der Waals surface area contributed by atoms with E-state index in [2.05, 4.69) is 5.32 Å². The molecule has 0 unspecified atom stereocenters. The molecular formula is C18H18ClNO3S. The Labute approximate surface area is 150 Å². The maximum absolute atomic E-state index is 11.7. The van der Waals surface area contributed by atoms with Crippen molar-refractivity contribution in [2.45, 2.75) is 18.2 Å². The molecule has 0 aliphatic heterocycles. The Bertz CT molecular complexity index is 704. The van der Waals surface area contributed by atoms with E-state index in [-0.39, 0.29) is 13.0 Å². The van der Waals surface area contributed by atoms with Gasteiger partial charge in [-0.25, -0.2) is 0 Å². The molecule has 6 heteroatoms. The average molecular weight is 364 g/mol. The lowest BCUT2D eigenvalue weighted by Gasteiger charge is -2.08. The van der Waals surface area contributed by atoms with Crippen LogP contribution in [0.5, 0.6) is 0 Å². The number of esters is 1. The Morgan fingerprint density at radius 1 is 1.12 bits per heavy atom. The second-order valence-electron chi connectivity index (χ2n) is 5.10. The number of aryl methyl sites for hydroxylation is 1. The Morgan fingerprint density at radius 2 is 1.83 bits per heavy atom. The number of hydrogen-bond donors (Lipinski definition) is 1. The summed E-state index contributed by atoms with van der Waals surface area (Å²) in [6.07, 6.45) is 0.248. The summed E-state index contributed by atoms with van der Waals surface area (Å²) < 4.78 is 4.97. The Hall–Kier alpha value is -1.98. The smallest absolute Gasteiger partial charge is 0.307 e. The number of carbonyl (C=O) groups excluding carboxylic acids is 2. The number of ether oxygens (including phenoxy) is 1. The second-order valence-corrected chi connectivity index (χ2v) is 6.68. The highest BCUT2D eigenvalue weighted by atomic mass is 35.5. The Kier molecular flexibility index (Phi) is 7.15. The first kappa shape index (κ1) is 18.4. The first-order chi connectivity index (χ1) is 11.5. The van der Waals surface area contributed by atoms with Gasteiger partial charge in [-0.3, -0.25) is 9.59 Å². The van der Waals surface area contributed by atoms with E-state index < -0.39 is 11.9 Å². The van der Waals surface area contributed by atoms with Crippen LogP contribution in [-0.2, 0) is 14.3 Å². The second kappa shape index (κ2) is 9.35. The largest absolute Gasteiger partial charge is 0.456 e. The fourth-order valence-corrected chi connectivity index (χ4v) is 2.87. The predicted molar refractivity (Wildman–Crippen MR) is 97.6 cm³/mol. The molecule has 2 rings (SSSR count). The van der Waals surface area contributed by atoms with Crippen LogP contribution in [0.3, 0.4) is 0 Å². The molecule has 2 aromatic rings. The normalized spacial score (nSPS) is 10.2. The maximum Gasteiger partial charge on any atom is 0.307 e. The number of halogens is 1. The summed E-state index contributed by atoms with van der Waals surface area (Å²) in [5, 5.41) is 3.04. The molecule has 1 amide bonds. The zero-order valence-corrected chi connectivity index (χ0v) is 14.8. The summed E-state index contributed by atoms with van der Waals surface area (Å²) >= 11 is 7.52. The SMILES string of the molecule is Cc1ccc(SCCC(=O)OCC(=O)Nc2ccccc2Cl)cc1. The minimum atomic E-state index is -0.414. The molecule has 24 heavy (non-hydrogen) atoms. The number of hydrogen-bond acceptors (Lipinski definition) is 4. The van der Waals surface area contributed by atoms with Gasteiger partial charge in [0.15, 0.2) is 6.61 Å². The van der Waals surface area contributed by atoms with E-state index in [0.29, 0.717) is 16.5 Å². The molecule has 0 aliphatic carbocycles. The van der Waals surface area contributed by atoms with Crippen molar-refractivity contribution in [1.29, 1.82) is 0 Å². The standard InChI is InChI=1S/C18H18ClNO3S/c1-13-6-8-14(9-7-13)24-11-10-18(22)23-12-17(21)20-16-5-3-2-4-15(16)19/h2-9H,10-12H2,1H3,(H,20,21). The molecule has 1 N–H and O–H groups in total. The lowest BCUT2D eigenvalue weighted by molar-refractivity contribution is -0.146. The molecule has 0 atom stereocenters. The predicted octanol–water partition coefficient (Wildman–Crippen LogP) is 4.31. The monoisotopic (exact) mass is 363 g/mol. The highest BCUT2D eigenvalue weighted by molar-refractivity contribution is 7.99. The van der Waals surface area contributed by atoms with Crippen LogP contribution in [0.2, 0.25) is 5.02 Å². The third-order valence-electron chi connectivity index (χ3n) is 3.11. The van der Waals surface area contributed by atoms with Gasteiger partial charge in [0.2, 0.25) is 0 Å². The van der Waals surface area contributed by atoms with Gasteiger partial charge in [-0.05, 0) is 31.2 Å². The molecule has 0 spiro atoms. The van der Waals surface area contributed by atoms with Gasteiger partial charge in [0.05, 0.1) is 17.1 Å². The molecule has 0 bridgehead atoms. The third-order valence-corrected chi connectivity index (χ3v) is 4.45. The van der Waals surface area contributed by atoms with Crippen molar-refractivity contribution in [2.75, 3.05) is 17.7 Å². The number of rotatable bonds is 7. The van der Waals surface area contributed by atoms with Gasteiger partial charge in [0.25, 0.3) is 5.91 Å². The topological polar surface area (TPSA) is 55.4 Å². The van der Waals surface area contributed by atoms with Crippen molar-refractivity contribution in [3.63, 3.8) is 0 Å². The van der Waals surface area contributed by atoms with E-state index in [1.807, 2.05) is 31.2 Å². The zero-order valence-electron chi connectivity index (χ0n) is 13.3. The molecule has 0 fully saturated rings. The van der Waals surface area contributed by atoms with Crippen LogP contribution in [0.4, 0.5) is 5.69 Å². The number of amides is 1. The van der Waals surface area contributed by atoms with Crippen molar-refractivity contribution in [3.8, 4) is 0 Å². The quantitative estimate of drug-likeness (QED) is 0.588. The van der Waals surface area contributed by atoms with Gasteiger partial charge >= 0.3 is 5.97 Å². The van der Waals surface area contributed by atoms with Gasteiger partial charge in [-0.15, -0.1) is 11.8 Å². The molecule has 4 nitrogen and oxygen atoms in total. The fraction of sp³-hybridized carbons (Fsp3) is 0.222. The average Bonchev–Trinajstić information content (AvgIpc) is 2.57. The summed E-state index contributed by atoms with van der Waals surface area (Å²) in [5.41, 5.74) is 1.69. The summed E-state index contributed by atoms with van der Waals surface area (Å²) in [6.45, 7) is 1.71. The lowest BCUT2D eigenvalue weighted by Crippen LogP contribution is -2.21. The molecular weight excluding hydrogens is 346 g/mol. The molecule has 0 radical (unpaired) electrons. The number of anilines is 1. The van der Waals surface area contributed by atoms with E-state index in [4.69, 9.17) is 16.3 Å². The van der Waals surface area contributed by atoms with Crippen LogP contribution >= 0.6 is 23.4 Å². The van der Waals surface area contributed by atoms with Crippen molar-refractivity contribution in [1.82, 2.24) is 0 Å². The van der Waals surface area contributed by atoms with Crippen LogP contribution < -0.4 is 5.32 Å². The van der Waals surface area contributed by atoms with Gasteiger partial charge in [-0.1, -0.05) is 41.4 Å². The van der Waals surface area contributed by atoms with Crippen LogP contribution in [0.25, 0.3) is 0 Å². The van der Waals surface area contributed by atoms with E-state index >= 15 is 0 Å². The van der Waals surface area contributed by atoms with Crippen LogP contribution in [0, 0.1) is 6.92 Å². The molecule has 0 heterocycles. The zero-order chi connectivity index (χ0) is 17.4. The number of carbonyl (C=O) groups is 2. The molecule has 0 aromatic heterocycles. The van der Waals surface area contributed by atoms with Gasteiger partial charge in [-0.2, -0.15) is 0 Å². The minimum Gasteiger partial charge on any atom is -0.456 e. The van der Waals surface area contributed by atoms with E-state index in [0.717, 1.165) is 4.90 Å². The fourth-order valence-electron chi connectivity index (χ4n) is 1.85. The lowest BCUT2D eigenvalue weighted by atomic mass is 10.2. The number of nitrogens with one attached hydrogen (secondary N) is 1. The van der Waals surface area contributed by atoms with E-state index in [9.17, 15) is 9.59 Å². The van der Waals surface area contributed by atoms with Gasteiger partial charge in [0, 0.05) is 10.6 Å². The first-order valence-corrected chi connectivity index (χ1v) is 8.80. The Morgan fingerprint density at radius 3 is 2.54 bits per heavy atom. The summed E-state index contributed by atoms with van der Waals surface area (Å²) in [6, 6.07) is 15.0. The Balaban J connectivity index is 1.66. The molecule has 0 saturated carbocycles. The van der Waals surface area contributed by atoms with E-state index in [1.165, 1.54) is 5.56 Å². The van der Waals surface area contributed by atoms with Gasteiger partial charge < -0.3 is 10.1 Å². The van der Waals surface area contributed by atoms with Crippen LogP contribution in [0.15, 0.2) is 53.4 Å². The molecule has 0 aliphatic rings. The minimum absolute atomic E-state index is 0.248.